The second-order valence-corrected chi connectivity index (χ2v) is 5.27. The summed E-state index contributed by atoms with van der Waals surface area (Å²) in [5.41, 5.74) is 1.07. The van der Waals surface area contributed by atoms with Gasteiger partial charge in [-0.25, -0.2) is 9.78 Å². The summed E-state index contributed by atoms with van der Waals surface area (Å²) in [4.78, 5) is 20.7. The number of aromatic carboxylic acids is 1. The monoisotopic (exact) mass is 285 g/mol. The molecule has 110 valence electrons. The number of carbonyl (C=O) groups is 1. The Hall–Kier alpha value is -2.14. The number of para-hydroxylation sites is 1. The van der Waals surface area contributed by atoms with Crippen LogP contribution in [0.2, 0.25) is 0 Å². The fourth-order valence-electron chi connectivity index (χ4n) is 2.79. The third kappa shape index (κ3) is 2.69. The average Bonchev–Trinajstić information content (AvgIpc) is 2.53. The van der Waals surface area contributed by atoms with Gasteiger partial charge in [0.15, 0.2) is 0 Å². The molecule has 5 nitrogen and oxygen atoms in total. The highest BCUT2D eigenvalue weighted by molar-refractivity contribution is 6.03. The Labute approximate surface area is 123 Å². The smallest absolute Gasteiger partial charge is 0.336 e. The van der Waals surface area contributed by atoms with Crippen LogP contribution in [0.15, 0.2) is 30.3 Å². The standard InChI is InChI=1S/C16H19N3O2/c1-2-18-7-9-19(10-8-18)15-11-13(16(20)21)12-5-3-4-6-14(12)17-15/h3-6,11H,2,7-10H2,1H3,(H,20,21). The van der Waals surface area contributed by atoms with E-state index in [1.165, 1.54) is 0 Å². The molecular weight excluding hydrogens is 266 g/mol. The lowest BCUT2D eigenvalue weighted by atomic mass is 10.1. The van der Waals surface area contributed by atoms with E-state index in [-0.39, 0.29) is 0 Å². The Morgan fingerprint density at radius 3 is 2.62 bits per heavy atom. The Balaban J connectivity index is 1.98. The molecule has 2 heterocycles. The molecular formula is C16H19N3O2. The number of aromatic nitrogens is 1. The first-order valence-electron chi connectivity index (χ1n) is 7.29. The van der Waals surface area contributed by atoms with E-state index in [0.29, 0.717) is 10.9 Å². The summed E-state index contributed by atoms with van der Waals surface area (Å²) in [5.74, 6) is -0.135. The van der Waals surface area contributed by atoms with Gasteiger partial charge in [-0.2, -0.15) is 0 Å². The molecule has 1 aromatic carbocycles. The summed E-state index contributed by atoms with van der Waals surface area (Å²) >= 11 is 0. The van der Waals surface area contributed by atoms with Gasteiger partial charge >= 0.3 is 5.97 Å². The van der Waals surface area contributed by atoms with Crippen LogP contribution in [0.1, 0.15) is 17.3 Å². The molecule has 0 spiro atoms. The van der Waals surface area contributed by atoms with E-state index in [1.807, 2.05) is 24.3 Å². The number of hydrogen-bond acceptors (Lipinski definition) is 4. The number of carboxylic acids is 1. The lowest BCUT2D eigenvalue weighted by Crippen LogP contribution is -2.46. The fraction of sp³-hybridized carbons (Fsp3) is 0.375. The van der Waals surface area contributed by atoms with Gasteiger partial charge in [-0.1, -0.05) is 25.1 Å². The predicted octanol–water partition coefficient (Wildman–Crippen LogP) is 2.07. The molecule has 1 fully saturated rings. The zero-order valence-corrected chi connectivity index (χ0v) is 12.1. The quantitative estimate of drug-likeness (QED) is 0.935. The highest BCUT2D eigenvalue weighted by Crippen LogP contribution is 2.23. The van der Waals surface area contributed by atoms with Crippen LogP contribution in [-0.4, -0.2) is 53.7 Å². The lowest BCUT2D eigenvalue weighted by Gasteiger charge is -2.35. The molecule has 3 rings (SSSR count). The number of fused-ring (bicyclic) bond motifs is 1. The normalized spacial score (nSPS) is 16.3. The maximum Gasteiger partial charge on any atom is 0.336 e. The third-order valence-electron chi connectivity index (χ3n) is 4.08. The Morgan fingerprint density at radius 2 is 1.95 bits per heavy atom. The summed E-state index contributed by atoms with van der Waals surface area (Å²) in [7, 11) is 0. The zero-order valence-electron chi connectivity index (χ0n) is 12.1. The number of piperazine rings is 1. The summed E-state index contributed by atoms with van der Waals surface area (Å²) in [6.45, 7) is 6.98. The Bertz CT molecular complexity index is 664. The number of likely N-dealkylation sites (N-methyl/N-ethyl adjacent to an activating group) is 1. The summed E-state index contributed by atoms with van der Waals surface area (Å²) in [6.07, 6.45) is 0. The van der Waals surface area contributed by atoms with Crippen molar-refractivity contribution in [3.8, 4) is 0 Å². The van der Waals surface area contributed by atoms with Crippen molar-refractivity contribution in [2.24, 2.45) is 0 Å². The number of hydrogen-bond donors (Lipinski definition) is 1. The molecule has 1 N–H and O–H groups in total. The first-order valence-corrected chi connectivity index (χ1v) is 7.29. The van der Waals surface area contributed by atoms with E-state index in [0.717, 1.165) is 44.1 Å². The van der Waals surface area contributed by atoms with E-state index < -0.39 is 5.97 Å². The van der Waals surface area contributed by atoms with Gasteiger partial charge in [0.2, 0.25) is 0 Å². The number of carboxylic acid groups (broad SMARTS) is 1. The van der Waals surface area contributed by atoms with E-state index in [2.05, 4.69) is 21.7 Å². The second kappa shape index (κ2) is 5.69. The van der Waals surface area contributed by atoms with Crippen LogP contribution in [0.5, 0.6) is 0 Å². The Morgan fingerprint density at radius 1 is 1.24 bits per heavy atom. The van der Waals surface area contributed by atoms with Crippen LogP contribution < -0.4 is 4.90 Å². The third-order valence-corrected chi connectivity index (χ3v) is 4.08. The summed E-state index contributed by atoms with van der Waals surface area (Å²) in [6, 6.07) is 9.11. The van der Waals surface area contributed by atoms with Crippen LogP contribution in [0.4, 0.5) is 5.82 Å². The molecule has 21 heavy (non-hydrogen) atoms. The first kappa shape index (κ1) is 13.8. The summed E-state index contributed by atoms with van der Waals surface area (Å²) < 4.78 is 0. The minimum absolute atomic E-state index is 0.327. The topological polar surface area (TPSA) is 56.7 Å². The van der Waals surface area contributed by atoms with Gasteiger partial charge in [-0.15, -0.1) is 0 Å². The van der Waals surface area contributed by atoms with Crippen molar-refractivity contribution in [2.45, 2.75) is 6.92 Å². The predicted molar refractivity (Wildman–Crippen MR) is 83.0 cm³/mol. The van der Waals surface area contributed by atoms with E-state index >= 15 is 0 Å². The van der Waals surface area contributed by atoms with Gasteiger partial charge in [0.1, 0.15) is 5.82 Å². The van der Waals surface area contributed by atoms with E-state index in [9.17, 15) is 9.90 Å². The maximum atomic E-state index is 11.5. The van der Waals surface area contributed by atoms with E-state index in [4.69, 9.17) is 0 Å². The molecule has 0 bridgehead atoms. The SMILES string of the molecule is CCN1CCN(c2cc(C(=O)O)c3ccccc3n2)CC1. The van der Waals surface area contributed by atoms with Crippen LogP contribution in [-0.2, 0) is 0 Å². The van der Waals surface area contributed by atoms with Gasteiger partial charge in [-0.05, 0) is 18.7 Å². The maximum absolute atomic E-state index is 11.5. The summed E-state index contributed by atoms with van der Waals surface area (Å²) in [5, 5.41) is 10.1. The fourth-order valence-corrected chi connectivity index (χ4v) is 2.79. The lowest BCUT2D eigenvalue weighted by molar-refractivity contribution is 0.0699. The molecule has 0 unspecified atom stereocenters. The molecule has 0 radical (unpaired) electrons. The van der Waals surface area contributed by atoms with Crippen molar-refractivity contribution in [2.75, 3.05) is 37.6 Å². The molecule has 0 aliphatic carbocycles. The van der Waals surface area contributed by atoms with Crippen molar-refractivity contribution in [3.63, 3.8) is 0 Å². The molecule has 1 aromatic heterocycles. The molecule has 5 heteroatoms. The minimum Gasteiger partial charge on any atom is -0.478 e. The highest BCUT2D eigenvalue weighted by atomic mass is 16.4. The van der Waals surface area contributed by atoms with Gasteiger partial charge in [0.25, 0.3) is 0 Å². The molecule has 0 atom stereocenters. The number of anilines is 1. The average molecular weight is 285 g/mol. The van der Waals surface area contributed by atoms with Crippen LogP contribution in [0, 0.1) is 0 Å². The highest BCUT2D eigenvalue weighted by Gasteiger charge is 2.19. The van der Waals surface area contributed by atoms with Crippen LogP contribution in [0.3, 0.4) is 0 Å². The minimum atomic E-state index is -0.901. The van der Waals surface area contributed by atoms with Crippen LogP contribution in [0.25, 0.3) is 10.9 Å². The molecule has 1 saturated heterocycles. The van der Waals surface area contributed by atoms with Crippen molar-refractivity contribution in [3.05, 3.63) is 35.9 Å². The molecule has 1 aliphatic heterocycles. The number of pyridine rings is 1. The van der Waals surface area contributed by atoms with Crippen molar-refractivity contribution < 1.29 is 9.90 Å². The van der Waals surface area contributed by atoms with Gasteiger partial charge in [0, 0.05) is 31.6 Å². The zero-order chi connectivity index (χ0) is 14.8. The van der Waals surface area contributed by atoms with Crippen molar-refractivity contribution >= 4 is 22.7 Å². The number of rotatable bonds is 3. The van der Waals surface area contributed by atoms with Gasteiger partial charge in [-0.3, -0.25) is 0 Å². The van der Waals surface area contributed by atoms with Crippen LogP contribution >= 0.6 is 0 Å². The van der Waals surface area contributed by atoms with E-state index in [1.54, 1.807) is 6.07 Å². The Kier molecular flexibility index (Phi) is 3.75. The number of nitrogens with zero attached hydrogens (tertiary/aromatic N) is 3. The van der Waals surface area contributed by atoms with Crippen molar-refractivity contribution in [1.29, 1.82) is 0 Å². The number of benzene rings is 1. The molecule has 2 aromatic rings. The second-order valence-electron chi connectivity index (χ2n) is 5.27. The largest absolute Gasteiger partial charge is 0.478 e. The molecule has 0 amide bonds. The first-order chi connectivity index (χ1) is 10.2. The molecule has 0 saturated carbocycles. The van der Waals surface area contributed by atoms with Gasteiger partial charge < -0.3 is 14.9 Å². The molecule has 1 aliphatic rings. The van der Waals surface area contributed by atoms with Crippen molar-refractivity contribution in [1.82, 2.24) is 9.88 Å². The van der Waals surface area contributed by atoms with Gasteiger partial charge in [0.05, 0.1) is 11.1 Å².